The van der Waals surface area contributed by atoms with E-state index < -0.39 is 11.9 Å². The molecule has 22 heavy (non-hydrogen) atoms. The smallest absolute Gasteiger partial charge is 0.352 e. The topological polar surface area (TPSA) is 84.9 Å². The molecule has 6 heteroatoms. The van der Waals surface area contributed by atoms with Crippen molar-refractivity contribution >= 4 is 18.0 Å². The number of hydrogen-bond acceptors (Lipinski definition) is 4. The molecule has 0 unspecified atom stereocenters. The number of unbranched alkanes of at least 4 members (excludes halogenated alkanes) is 1. The SMILES string of the molecule is CCCCOc1c(/C=C(\NC(C)=O)C(=O)O)cccc1OC. The molecule has 0 spiro atoms. The molecule has 0 aliphatic heterocycles. The minimum Gasteiger partial charge on any atom is -0.493 e. The summed E-state index contributed by atoms with van der Waals surface area (Å²) in [6.07, 6.45) is 3.21. The maximum atomic E-state index is 11.2. The fourth-order valence-corrected chi connectivity index (χ4v) is 1.78. The van der Waals surface area contributed by atoms with Crippen LogP contribution in [0.2, 0.25) is 0 Å². The van der Waals surface area contributed by atoms with Gasteiger partial charge in [-0.2, -0.15) is 0 Å². The number of rotatable bonds is 8. The van der Waals surface area contributed by atoms with Gasteiger partial charge in [0.05, 0.1) is 13.7 Å². The molecule has 0 heterocycles. The van der Waals surface area contributed by atoms with Crippen LogP contribution >= 0.6 is 0 Å². The summed E-state index contributed by atoms with van der Waals surface area (Å²) in [7, 11) is 1.52. The molecule has 1 aromatic rings. The van der Waals surface area contributed by atoms with Crippen molar-refractivity contribution in [3.05, 3.63) is 29.5 Å². The van der Waals surface area contributed by atoms with Gasteiger partial charge in [-0.3, -0.25) is 4.79 Å². The molecule has 2 N–H and O–H groups in total. The highest BCUT2D eigenvalue weighted by Gasteiger charge is 2.14. The Labute approximate surface area is 129 Å². The van der Waals surface area contributed by atoms with Crippen LogP contribution in [0.1, 0.15) is 32.3 Å². The maximum Gasteiger partial charge on any atom is 0.352 e. The van der Waals surface area contributed by atoms with E-state index in [-0.39, 0.29) is 5.70 Å². The summed E-state index contributed by atoms with van der Waals surface area (Å²) in [5.41, 5.74) is 0.308. The highest BCUT2D eigenvalue weighted by atomic mass is 16.5. The van der Waals surface area contributed by atoms with Gasteiger partial charge in [-0.05, 0) is 18.6 Å². The number of hydrogen-bond donors (Lipinski definition) is 2. The number of para-hydroxylation sites is 1. The van der Waals surface area contributed by atoms with Crippen molar-refractivity contribution in [1.82, 2.24) is 5.32 Å². The first-order valence-electron chi connectivity index (χ1n) is 7.02. The van der Waals surface area contributed by atoms with Crippen molar-refractivity contribution in [1.29, 1.82) is 0 Å². The molecule has 1 aromatic carbocycles. The number of carbonyl (C=O) groups excluding carboxylic acids is 1. The summed E-state index contributed by atoms with van der Waals surface area (Å²) in [4.78, 5) is 22.3. The average molecular weight is 307 g/mol. The van der Waals surface area contributed by atoms with E-state index in [0.29, 0.717) is 23.7 Å². The van der Waals surface area contributed by atoms with E-state index in [2.05, 4.69) is 5.32 Å². The van der Waals surface area contributed by atoms with Gasteiger partial charge in [0.15, 0.2) is 11.5 Å². The quantitative estimate of drug-likeness (QED) is 0.569. The zero-order valence-corrected chi connectivity index (χ0v) is 13.0. The van der Waals surface area contributed by atoms with Crippen molar-refractivity contribution in [2.45, 2.75) is 26.7 Å². The Morgan fingerprint density at radius 3 is 2.64 bits per heavy atom. The highest BCUT2D eigenvalue weighted by molar-refractivity contribution is 5.96. The van der Waals surface area contributed by atoms with Crippen LogP contribution < -0.4 is 14.8 Å². The molecule has 0 aliphatic carbocycles. The molecule has 0 bridgehead atoms. The van der Waals surface area contributed by atoms with Gasteiger partial charge in [-0.1, -0.05) is 25.5 Å². The van der Waals surface area contributed by atoms with E-state index in [9.17, 15) is 9.59 Å². The highest BCUT2D eigenvalue weighted by Crippen LogP contribution is 2.32. The summed E-state index contributed by atoms with van der Waals surface area (Å²) in [6.45, 7) is 3.80. The molecule has 1 amide bonds. The van der Waals surface area contributed by atoms with E-state index in [4.69, 9.17) is 14.6 Å². The Bertz CT molecular complexity index is 566. The Kier molecular flexibility index (Phi) is 6.95. The monoisotopic (exact) mass is 307 g/mol. The van der Waals surface area contributed by atoms with Crippen LogP contribution in [0.15, 0.2) is 23.9 Å². The minimum absolute atomic E-state index is 0.221. The second-order valence-electron chi connectivity index (χ2n) is 4.62. The lowest BCUT2D eigenvalue weighted by Crippen LogP contribution is -2.24. The Hall–Kier alpha value is -2.50. The van der Waals surface area contributed by atoms with Gasteiger partial charge in [0.2, 0.25) is 5.91 Å². The molecule has 0 saturated heterocycles. The van der Waals surface area contributed by atoms with Crippen LogP contribution in [0.25, 0.3) is 6.08 Å². The Morgan fingerprint density at radius 2 is 2.09 bits per heavy atom. The van der Waals surface area contributed by atoms with Gasteiger partial charge in [0, 0.05) is 12.5 Å². The molecule has 0 radical (unpaired) electrons. The van der Waals surface area contributed by atoms with Crippen molar-refractivity contribution in [2.75, 3.05) is 13.7 Å². The van der Waals surface area contributed by atoms with E-state index in [1.54, 1.807) is 18.2 Å². The molecule has 6 nitrogen and oxygen atoms in total. The van der Waals surface area contributed by atoms with Gasteiger partial charge < -0.3 is 19.9 Å². The molecule has 1 rings (SSSR count). The van der Waals surface area contributed by atoms with Crippen LogP contribution in [0.3, 0.4) is 0 Å². The third-order valence-corrected chi connectivity index (χ3v) is 2.81. The summed E-state index contributed by atoms with van der Waals surface area (Å²) < 4.78 is 11.0. The first-order chi connectivity index (χ1) is 10.5. The molecule has 0 aliphatic rings. The molecular weight excluding hydrogens is 286 g/mol. The number of aliphatic carboxylic acids is 1. The van der Waals surface area contributed by atoms with Gasteiger partial charge >= 0.3 is 5.97 Å². The fourth-order valence-electron chi connectivity index (χ4n) is 1.78. The summed E-state index contributed by atoms with van der Waals surface area (Å²) in [5.74, 6) is -0.706. The van der Waals surface area contributed by atoms with E-state index in [1.807, 2.05) is 6.92 Å². The van der Waals surface area contributed by atoms with Gasteiger partial charge in [0.1, 0.15) is 5.70 Å². The second-order valence-corrected chi connectivity index (χ2v) is 4.62. The normalized spacial score (nSPS) is 11.0. The number of carbonyl (C=O) groups is 2. The summed E-state index contributed by atoms with van der Waals surface area (Å²) in [6, 6.07) is 5.16. The largest absolute Gasteiger partial charge is 0.493 e. The standard InChI is InChI=1S/C16H21NO5/c1-4-5-9-22-15-12(7-6-8-14(15)21-3)10-13(16(19)20)17-11(2)18/h6-8,10H,4-5,9H2,1-3H3,(H,17,18)(H,19,20)/b13-10-. The first kappa shape index (κ1) is 17.6. The predicted molar refractivity (Wildman–Crippen MR) is 82.8 cm³/mol. The summed E-state index contributed by atoms with van der Waals surface area (Å²) >= 11 is 0. The zero-order chi connectivity index (χ0) is 16.5. The van der Waals surface area contributed by atoms with Crippen molar-refractivity contribution in [2.24, 2.45) is 0 Å². The van der Waals surface area contributed by atoms with Crippen molar-refractivity contribution < 1.29 is 24.2 Å². The predicted octanol–water partition coefficient (Wildman–Crippen LogP) is 2.44. The number of nitrogens with one attached hydrogen (secondary N) is 1. The molecule has 0 fully saturated rings. The molecule has 0 atom stereocenters. The number of ether oxygens (including phenoxy) is 2. The van der Waals surface area contributed by atoms with Gasteiger partial charge in [-0.15, -0.1) is 0 Å². The Balaban J connectivity index is 3.20. The van der Waals surface area contributed by atoms with Crippen molar-refractivity contribution in [3.63, 3.8) is 0 Å². The minimum atomic E-state index is -1.22. The number of amides is 1. The Morgan fingerprint density at radius 1 is 1.36 bits per heavy atom. The maximum absolute atomic E-state index is 11.2. The molecule has 0 saturated carbocycles. The zero-order valence-electron chi connectivity index (χ0n) is 13.0. The third-order valence-electron chi connectivity index (χ3n) is 2.81. The van der Waals surface area contributed by atoms with Crippen LogP contribution in [0.4, 0.5) is 0 Å². The van der Waals surface area contributed by atoms with E-state index >= 15 is 0 Å². The average Bonchev–Trinajstić information content (AvgIpc) is 2.47. The van der Waals surface area contributed by atoms with Gasteiger partial charge in [-0.25, -0.2) is 4.79 Å². The van der Waals surface area contributed by atoms with E-state index in [1.165, 1.54) is 20.1 Å². The van der Waals surface area contributed by atoms with E-state index in [0.717, 1.165) is 12.8 Å². The lowest BCUT2D eigenvalue weighted by atomic mass is 10.1. The van der Waals surface area contributed by atoms with Crippen LogP contribution in [0.5, 0.6) is 11.5 Å². The number of carboxylic acid groups (broad SMARTS) is 1. The number of methoxy groups -OCH3 is 1. The number of benzene rings is 1. The third kappa shape index (κ3) is 5.12. The van der Waals surface area contributed by atoms with Gasteiger partial charge in [0.25, 0.3) is 0 Å². The summed E-state index contributed by atoms with van der Waals surface area (Å²) in [5, 5.41) is 11.4. The molecule has 0 aromatic heterocycles. The van der Waals surface area contributed by atoms with Crippen LogP contribution in [0, 0.1) is 0 Å². The van der Waals surface area contributed by atoms with Crippen molar-refractivity contribution in [3.8, 4) is 11.5 Å². The second kappa shape index (κ2) is 8.71. The fraction of sp³-hybridized carbons (Fsp3) is 0.375. The molecule has 120 valence electrons. The van der Waals surface area contributed by atoms with Crippen LogP contribution in [-0.4, -0.2) is 30.7 Å². The number of carboxylic acids is 1. The lowest BCUT2D eigenvalue weighted by molar-refractivity contribution is -0.134. The lowest BCUT2D eigenvalue weighted by Gasteiger charge is -2.14. The molecular formula is C16H21NO5. The first-order valence-corrected chi connectivity index (χ1v) is 7.02. The van der Waals surface area contributed by atoms with Crippen LogP contribution in [-0.2, 0) is 9.59 Å².